The van der Waals surface area contributed by atoms with E-state index in [-0.39, 0.29) is 23.5 Å². The maximum absolute atomic E-state index is 12.2. The zero-order valence-corrected chi connectivity index (χ0v) is 14.2. The molecule has 3 rings (SSSR count). The second kappa shape index (κ2) is 7.54. The summed E-state index contributed by atoms with van der Waals surface area (Å²) in [5, 5.41) is 12.3. The topological polar surface area (TPSA) is 105 Å². The molecular formula is C16H17ClN4O4. The van der Waals surface area contributed by atoms with Gasteiger partial charge in [0.1, 0.15) is 11.4 Å². The number of aromatic nitrogens is 2. The molecular weight excluding hydrogens is 348 g/mol. The van der Waals surface area contributed by atoms with Crippen LogP contribution in [0.2, 0.25) is 5.02 Å². The van der Waals surface area contributed by atoms with Gasteiger partial charge in [0, 0.05) is 18.2 Å². The number of aromatic amines is 1. The summed E-state index contributed by atoms with van der Waals surface area (Å²) in [7, 11) is 1.49. The molecule has 0 saturated carbocycles. The first-order valence-electron chi connectivity index (χ1n) is 7.65. The number of benzene rings is 1. The minimum atomic E-state index is -0.396. The van der Waals surface area contributed by atoms with Gasteiger partial charge in [0.15, 0.2) is 5.82 Å². The molecule has 2 amide bonds. The lowest BCUT2D eigenvalue weighted by atomic mass is 10.2. The van der Waals surface area contributed by atoms with Crippen molar-refractivity contribution in [2.75, 3.05) is 25.6 Å². The van der Waals surface area contributed by atoms with Crippen LogP contribution in [0.1, 0.15) is 27.3 Å². The zero-order chi connectivity index (χ0) is 17.8. The van der Waals surface area contributed by atoms with E-state index in [0.717, 1.165) is 6.42 Å². The number of hydrogen-bond donors (Lipinski definition) is 3. The molecule has 0 aliphatic carbocycles. The van der Waals surface area contributed by atoms with Crippen molar-refractivity contribution in [1.29, 1.82) is 0 Å². The van der Waals surface area contributed by atoms with Gasteiger partial charge in [-0.3, -0.25) is 14.7 Å². The van der Waals surface area contributed by atoms with E-state index in [9.17, 15) is 9.59 Å². The van der Waals surface area contributed by atoms with Gasteiger partial charge >= 0.3 is 0 Å². The molecule has 1 atom stereocenters. The predicted octanol–water partition coefficient (Wildman–Crippen LogP) is 1.84. The second-order valence-corrected chi connectivity index (χ2v) is 5.91. The summed E-state index contributed by atoms with van der Waals surface area (Å²) < 4.78 is 10.3. The fraction of sp³-hybridized carbons (Fsp3) is 0.312. The summed E-state index contributed by atoms with van der Waals surface area (Å²) in [4.78, 5) is 24.3. The Morgan fingerprint density at radius 2 is 2.20 bits per heavy atom. The molecule has 1 aliphatic rings. The summed E-state index contributed by atoms with van der Waals surface area (Å²) in [6.07, 6.45) is 0.779. The minimum Gasteiger partial charge on any atom is -0.495 e. The number of ether oxygens (including phenoxy) is 2. The van der Waals surface area contributed by atoms with Crippen LogP contribution in [-0.4, -0.2) is 48.4 Å². The van der Waals surface area contributed by atoms with Gasteiger partial charge in [-0.25, -0.2) is 0 Å². The molecule has 3 N–H and O–H groups in total. The number of carbonyl (C=O) groups is 2. The number of amides is 2. The number of rotatable bonds is 5. The van der Waals surface area contributed by atoms with Crippen molar-refractivity contribution in [2.45, 2.75) is 12.5 Å². The van der Waals surface area contributed by atoms with Crippen LogP contribution in [0.5, 0.6) is 5.75 Å². The molecule has 2 heterocycles. The third-order valence-corrected chi connectivity index (χ3v) is 4.04. The predicted molar refractivity (Wildman–Crippen MR) is 91.2 cm³/mol. The van der Waals surface area contributed by atoms with Crippen molar-refractivity contribution in [3.05, 3.63) is 40.5 Å². The molecule has 8 nitrogen and oxygen atoms in total. The number of anilines is 1. The molecule has 1 aromatic heterocycles. The highest BCUT2D eigenvalue weighted by Gasteiger charge is 2.20. The van der Waals surface area contributed by atoms with E-state index in [0.29, 0.717) is 29.5 Å². The molecule has 132 valence electrons. The summed E-state index contributed by atoms with van der Waals surface area (Å²) in [6, 6.07) is 6.14. The highest BCUT2D eigenvalue weighted by atomic mass is 35.5. The lowest BCUT2D eigenvalue weighted by Crippen LogP contribution is -2.35. The van der Waals surface area contributed by atoms with Gasteiger partial charge in [0.25, 0.3) is 11.8 Å². The van der Waals surface area contributed by atoms with E-state index in [1.807, 2.05) is 0 Å². The normalized spacial score (nSPS) is 16.5. The molecule has 0 spiro atoms. The van der Waals surface area contributed by atoms with Crippen LogP contribution in [-0.2, 0) is 4.74 Å². The first-order chi connectivity index (χ1) is 12.1. The van der Waals surface area contributed by atoms with Crippen molar-refractivity contribution in [3.63, 3.8) is 0 Å². The third kappa shape index (κ3) is 4.09. The number of carbonyl (C=O) groups excluding carboxylic acids is 2. The van der Waals surface area contributed by atoms with Crippen molar-refractivity contribution >= 4 is 29.2 Å². The number of methoxy groups -OCH3 is 1. The van der Waals surface area contributed by atoms with Gasteiger partial charge in [0.05, 0.1) is 24.8 Å². The quantitative estimate of drug-likeness (QED) is 0.750. The number of nitrogens with one attached hydrogen (secondary N) is 3. The molecule has 0 bridgehead atoms. The SMILES string of the molecule is COc1ccc(C(=O)Nc2cc(C(=O)NC3CCOC3)[nH]n2)cc1Cl. The van der Waals surface area contributed by atoms with Gasteiger partial charge in [-0.1, -0.05) is 11.6 Å². The maximum atomic E-state index is 12.2. The van der Waals surface area contributed by atoms with Crippen LogP contribution in [0, 0.1) is 0 Å². The Morgan fingerprint density at radius 1 is 1.36 bits per heavy atom. The van der Waals surface area contributed by atoms with E-state index >= 15 is 0 Å². The van der Waals surface area contributed by atoms with E-state index in [2.05, 4.69) is 20.8 Å². The summed E-state index contributed by atoms with van der Waals surface area (Å²) >= 11 is 6.01. The van der Waals surface area contributed by atoms with E-state index in [1.54, 1.807) is 12.1 Å². The third-order valence-electron chi connectivity index (χ3n) is 3.74. The Labute approximate surface area is 148 Å². The first kappa shape index (κ1) is 17.2. The summed E-state index contributed by atoms with van der Waals surface area (Å²) in [6.45, 7) is 1.14. The molecule has 1 aliphatic heterocycles. The fourth-order valence-electron chi connectivity index (χ4n) is 2.41. The molecule has 2 aromatic rings. The molecule has 9 heteroatoms. The van der Waals surface area contributed by atoms with Crippen molar-refractivity contribution in [1.82, 2.24) is 15.5 Å². The zero-order valence-electron chi connectivity index (χ0n) is 13.5. The van der Waals surface area contributed by atoms with Gasteiger partial charge < -0.3 is 20.1 Å². The Bertz CT molecular complexity index is 786. The standard InChI is InChI=1S/C16H17ClN4O4/c1-24-13-3-2-9(6-11(13)17)15(22)19-14-7-12(20-21-14)16(23)18-10-4-5-25-8-10/h2-3,6-7,10H,4-5,8H2,1H3,(H,18,23)(H2,19,20,21,22). The van der Waals surface area contributed by atoms with E-state index < -0.39 is 5.91 Å². The largest absolute Gasteiger partial charge is 0.495 e. The van der Waals surface area contributed by atoms with Gasteiger partial charge in [-0.2, -0.15) is 5.10 Å². The smallest absolute Gasteiger partial charge is 0.269 e. The Kier molecular flexibility index (Phi) is 5.20. The lowest BCUT2D eigenvalue weighted by Gasteiger charge is -2.08. The average molecular weight is 365 g/mol. The number of nitrogens with zero attached hydrogens (tertiary/aromatic N) is 1. The van der Waals surface area contributed by atoms with Gasteiger partial charge in [0.2, 0.25) is 0 Å². The van der Waals surface area contributed by atoms with Crippen LogP contribution in [0.3, 0.4) is 0 Å². The Morgan fingerprint density at radius 3 is 2.88 bits per heavy atom. The molecule has 25 heavy (non-hydrogen) atoms. The van der Waals surface area contributed by atoms with Crippen LogP contribution in [0.15, 0.2) is 24.3 Å². The van der Waals surface area contributed by atoms with E-state index in [1.165, 1.54) is 19.2 Å². The van der Waals surface area contributed by atoms with Gasteiger partial charge in [-0.05, 0) is 24.6 Å². The highest BCUT2D eigenvalue weighted by molar-refractivity contribution is 6.32. The highest BCUT2D eigenvalue weighted by Crippen LogP contribution is 2.25. The van der Waals surface area contributed by atoms with Crippen LogP contribution in [0.4, 0.5) is 5.82 Å². The van der Waals surface area contributed by atoms with Gasteiger partial charge in [-0.15, -0.1) is 0 Å². The maximum Gasteiger partial charge on any atom is 0.269 e. The number of halogens is 1. The van der Waals surface area contributed by atoms with Crippen molar-refractivity contribution in [2.24, 2.45) is 0 Å². The molecule has 1 unspecified atom stereocenters. The monoisotopic (exact) mass is 364 g/mol. The average Bonchev–Trinajstić information content (AvgIpc) is 3.26. The second-order valence-electron chi connectivity index (χ2n) is 5.50. The molecule has 1 fully saturated rings. The van der Waals surface area contributed by atoms with Crippen LogP contribution < -0.4 is 15.4 Å². The lowest BCUT2D eigenvalue weighted by molar-refractivity contribution is 0.0924. The number of hydrogen-bond acceptors (Lipinski definition) is 5. The Balaban J connectivity index is 1.63. The fourth-order valence-corrected chi connectivity index (χ4v) is 2.67. The summed E-state index contributed by atoms with van der Waals surface area (Å²) in [5.41, 5.74) is 0.609. The Hall–Kier alpha value is -2.58. The van der Waals surface area contributed by atoms with Crippen LogP contribution >= 0.6 is 11.6 Å². The minimum absolute atomic E-state index is 0.00437. The van der Waals surface area contributed by atoms with Crippen LogP contribution in [0.25, 0.3) is 0 Å². The van der Waals surface area contributed by atoms with Crippen molar-refractivity contribution < 1.29 is 19.1 Å². The first-order valence-corrected chi connectivity index (χ1v) is 8.03. The summed E-state index contributed by atoms with van der Waals surface area (Å²) in [5.74, 6) is 0.0285. The van der Waals surface area contributed by atoms with E-state index in [4.69, 9.17) is 21.1 Å². The number of H-pyrrole nitrogens is 1. The molecule has 0 radical (unpaired) electrons. The molecule has 1 aromatic carbocycles. The van der Waals surface area contributed by atoms with Crippen molar-refractivity contribution in [3.8, 4) is 5.75 Å². The molecule has 1 saturated heterocycles.